The molecule has 5 nitrogen and oxygen atoms in total. The molecular weight excluding hydrogens is 358 g/mol. The van der Waals surface area contributed by atoms with Crippen LogP contribution in [0.2, 0.25) is 0 Å². The molecule has 1 atom stereocenters. The van der Waals surface area contributed by atoms with E-state index in [4.69, 9.17) is 4.74 Å². The van der Waals surface area contributed by atoms with Crippen molar-refractivity contribution < 1.29 is 17.9 Å². The van der Waals surface area contributed by atoms with Crippen molar-refractivity contribution in [3.05, 3.63) is 52.2 Å². The molecule has 0 aliphatic carbocycles. The Morgan fingerprint density at radius 2 is 1.88 bits per heavy atom. The maximum absolute atomic E-state index is 12.1. The topological polar surface area (TPSA) is 72.5 Å². The highest BCUT2D eigenvalue weighted by atomic mass is 32.2. The van der Waals surface area contributed by atoms with Gasteiger partial charge in [0.05, 0.1) is 16.6 Å². The van der Waals surface area contributed by atoms with E-state index >= 15 is 0 Å². The van der Waals surface area contributed by atoms with Gasteiger partial charge in [-0.2, -0.15) is 11.3 Å². The minimum absolute atomic E-state index is 0.128. The van der Waals surface area contributed by atoms with Crippen molar-refractivity contribution >= 4 is 27.1 Å². The smallest absolute Gasteiger partial charge is 0.224 e. The number of benzene rings is 1. The van der Waals surface area contributed by atoms with Crippen LogP contribution in [-0.4, -0.2) is 33.2 Å². The first-order chi connectivity index (χ1) is 11.8. The standard InChI is InChI=1S/C18H23NO4S2/c1-13(2)25(21,22)16-6-4-14(5-7-16)10-18(20)19-11-17(23-3)15-8-9-24-12-15/h4-9,12-13,17H,10-11H2,1-3H3,(H,19,20). The minimum atomic E-state index is -3.29. The van der Waals surface area contributed by atoms with Crippen molar-refractivity contribution in [3.8, 4) is 0 Å². The summed E-state index contributed by atoms with van der Waals surface area (Å²) in [4.78, 5) is 12.4. The second-order valence-corrected chi connectivity index (χ2v) is 9.28. The molecule has 7 heteroatoms. The number of ether oxygens (including phenoxy) is 1. The molecule has 1 aromatic heterocycles. The maximum atomic E-state index is 12.1. The van der Waals surface area contributed by atoms with Gasteiger partial charge in [0, 0.05) is 13.7 Å². The van der Waals surface area contributed by atoms with Crippen LogP contribution in [0.15, 0.2) is 46.0 Å². The van der Waals surface area contributed by atoms with E-state index in [1.54, 1.807) is 56.6 Å². The molecule has 2 aromatic rings. The van der Waals surface area contributed by atoms with Gasteiger partial charge in [-0.25, -0.2) is 8.42 Å². The number of thiophene rings is 1. The minimum Gasteiger partial charge on any atom is -0.375 e. The van der Waals surface area contributed by atoms with Crippen molar-refractivity contribution in [3.63, 3.8) is 0 Å². The molecule has 0 bridgehead atoms. The Balaban J connectivity index is 1.92. The SMILES string of the molecule is COC(CNC(=O)Cc1ccc(S(=O)(=O)C(C)C)cc1)c1ccsc1. The lowest BCUT2D eigenvalue weighted by molar-refractivity contribution is -0.121. The van der Waals surface area contributed by atoms with Gasteiger partial charge in [-0.05, 0) is 53.9 Å². The van der Waals surface area contributed by atoms with Crippen LogP contribution in [0.3, 0.4) is 0 Å². The van der Waals surface area contributed by atoms with E-state index in [9.17, 15) is 13.2 Å². The molecule has 1 heterocycles. The predicted molar refractivity (Wildman–Crippen MR) is 99.5 cm³/mol. The molecule has 25 heavy (non-hydrogen) atoms. The van der Waals surface area contributed by atoms with Crippen molar-refractivity contribution in [2.24, 2.45) is 0 Å². The first-order valence-corrected chi connectivity index (χ1v) is 10.5. The summed E-state index contributed by atoms with van der Waals surface area (Å²) in [6.07, 6.45) is 0.0241. The van der Waals surface area contributed by atoms with Gasteiger partial charge in [0.25, 0.3) is 0 Å². The quantitative estimate of drug-likeness (QED) is 0.763. The fraction of sp³-hybridized carbons (Fsp3) is 0.389. The Kier molecular flexibility index (Phi) is 6.75. The number of hydrogen-bond acceptors (Lipinski definition) is 5. The Bertz CT molecular complexity index is 781. The van der Waals surface area contributed by atoms with Crippen LogP contribution < -0.4 is 5.32 Å². The lowest BCUT2D eigenvalue weighted by Crippen LogP contribution is -2.30. The summed E-state index contributed by atoms with van der Waals surface area (Å²) < 4.78 is 29.6. The Morgan fingerprint density at radius 3 is 2.40 bits per heavy atom. The van der Waals surface area contributed by atoms with E-state index in [0.29, 0.717) is 6.54 Å². The van der Waals surface area contributed by atoms with Crippen LogP contribution >= 0.6 is 11.3 Å². The van der Waals surface area contributed by atoms with Crippen LogP contribution in [0.25, 0.3) is 0 Å². The highest BCUT2D eigenvalue weighted by Gasteiger charge is 2.19. The molecule has 0 aliphatic rings. The van der Waals surface area contributed by atoms with Crippen LogP contribution in [0.1, 0.15) is 31.1 Å². The monoisotopic (exact) mass is 381 g/mol. The lowest BCUT2D eigenvalue weighted by Gasteiger charge is -2.15. The zero-order valence-electron chi connectivity index (χ0n) is 14.6. The molecule has 2 rings (SSSR count). The molecule has 1 N–H and O–H groups in total. The van der Waals surface area contributed by atoms with Gasteiger partial charge in [-0.3, -0.25) is 4.79 Å². The van der Waals surface area contributed by atoms with Crippen molar-refractivity contribution in [2.75, 3.05) is 13.7 Å². The maximum Gasteiger partial charge on any atom is 0.224 e. The van der Waals surface area contributed by atoms with Crippen molar-refractivity contribution in [1.82, 2.24) is 5.32 Å². The number of amides is 1. The summed E-state index contributed by atoms with van der Waals surface area (Å²) in [5.74, 6) is -0.128. The average Bonchev–Trinajstić information content (AvgIpc) is 3.10. The molecule has 1 aromatic carbocycles. The summed E-state index contributed by atoms with van der Waals surface area (Å²) in [6, 6.07) is 8.45. The summed E-state index contributed by atoms with van der Waals surface area (Å²) >= 11 is 1.58. The second kappa shape index (κ2) is 8.60. The van der Waals surface area contributed by atoms with Crippen molar-refractivity contribution in [1.29, 1.82) is 0 Å². The molecule has 136 valence electrons. The first-order valence-electron chi connectivity index (χ1n) is 7.99. The number of hydrogen-bond donors (Lipinski definition) is 1. The largest absolute Gasteiger partial charge is 0.375 e. The number of sulfone groups is 1. The molecule has 0 aliphatic heterocycles. The van der Waals surface area contributed by atoms with E-state index in [-0.39, 0.29) is 23.3 Å². The summed E-state index contributed by atoms with van der Waals surface area (Å²) in [5.41, 5.74) is 1.81. The van der Waals surface area contributed by atoms with Gasteiger partial charge < -0.3 is 10.1 Å². The fourth-order valence-corrected chi connectivity index (χ4v) is 4.08. The van der Waals surface area contributed by atoms with Gasteiger partial charge >= 0.3 is 0 Å². The van der Waals surface area contributed by atoms with Crippen LogP contribution in [0.5, 0.6) is 0 Å². The third-order valence-electron chi connectivity index (χ3n) is 3.92. The van der Waals surface area contributed by atoms with E-state index in [2.05, 4.69) is 5.32 Å². The zero-order chi connectivity index (χ0) is 18.4. The number of carbonyl (C=O) groups excluding carboxylic acids is 1. The molecule has 0 fully saturated rings. The highest BCUT2D eigenvalue weighted by molar-refractivity contribution is 7.92. The Morgan fingerprint density at radius 1 is 1.20 bits per heavy atom. The third-order valence-corrected chi connectivity index (χ3v) is 6.79. The molecule has 0 spiro atoms. The molecular formula is C18H23NO4S2. The Labute approximate surface area is 152 Å². The summed E-state index contributed by atoms with van der Waals surface area (Å²) in [7, 11) is -1.67. The molecule has 1 unspecified atom stereocenters. The number of methoxy groups -OCH3 is 1. The van der Waals surface area contributed by atoms with Crippen LogP contribution in [-0.2, 0) is 25.8 Å². The van der Waals surface area contributed by atoms with Gasteiger partial charge in [0.2, 0.25) is 5.91 Å². The summed E-state index contributed by atoms with van der Waals surface area (Å²) in [6.45, 7) is 3.69. The Hall–Kier alpha value is -1.70. The van der Waals surface area contributed by atoms with E-state index in [1.807, 2.05) is 16.8 Å². The van der Waals surface area contributed by atoms with Gasteiger partial charge in [0.1, 0.15) is 6.10 Å². The molecule has 0 saturated carbocycles. The number of rotatable bonds is 8. The first kappa shape index (κ1) is 19.6. The number of nitrogens with one attached hydrogen (secondary N) is 1. The second-order valence-electron chi connectivity index (χ2n) is 6.00. The van der Waals surface area contributed by atoms with Crippen LogP contribution in [0, 0.1) is 0 Å². The fourth-order valence-electron chi connectivity index (χ4n) is 2.32. The normalized spacial score (nSPS) is 13.0. The molecule has 1 amide bonds. The van der Waals surface area contributed by atoms with E-state index in [1.165, 1.54) is 0 Å². The number of carbonyl (C=O) groups is 1. The molecule has 0 saturated heterocycles. The zero-order valence-corrected chi connectivity index (χ0v) is 16.2. The van der Waals surface area contributed by atoms with Gasteiger partial charge in [-0.1, -0.05) is 12.1 Å². The van der Waals surface area contributed by atoms with Gasteiger partial charge in [0.15, 0.2) is 9.84 Å². The molecule has 0 radical (unpaired) electrons. The lowest BCUT2D eigenvalue weighted by atomic mass is 10.1. The van der Waals surface area contributed by atoms with Crippen LogP contribution in [0.4, 0.5) is 0 Å². The average molecular weight is 382 g/mol. The summed E-state index contributed by atoms with van der Waals surface area (Å²) in [5, 5.41) is 6.35. The third kappa shape index (κ3) is 5.14. The van der Waals surface area contributed by atoms with E-state index < -0.39 is 15.1 Å². The highest BCUT2D eigenvalue weighted by Crippen LogP contribution is 2.19. The predicted octanol–water partition coefficient (Wildman–Crippen LogP) is 2.98. The van der Waals surface area contributed by atoms with Gasteiger partial charge in [-0.15, -0.1) is 0 Å². The van der Waals surface area contributed by atoms with Crippen molar-refractivity contribution in [2.45, 2.75) is 36.5 Å². The van der Waals surface area contributed by atoms with E-state index in [0.717, 1.165) is 11.1 Å².